The van der Waals surface area contributed by atoms with E-state index in [1.807, 2.05) is 18.2 Å². The maximum Gasteiger partial charge on any atom is 0.0992 e. The Morgan fingerprint density at radius 3 is 2.93 bits per heavy atom. The molecule has 1 saturated heterocycles. The van der Waals surface area contributed by atoms with Crippen molar-refractivity contribution in [1.29, 1.82) is 5.26 Å². The molecule has 0 amide bonds. The normalized spacial score (nSPS) is 28.1. The zero-order chi connectivity index (χ0) is 10.3. The number of anilines is 1. The third kappa shape index (κ3) is 1.39. The fraction of sp³-hybridized carbons (Fsp3) is 0.462. The van der Waals surface area contributed by atoms with Crippen LogP contribution in [0.4, 0.5) is 5.69 Å². The van der Waals surface area contributed by atoms with Crippen LogP contribution < -0.4 is 4.90 Å². The summed E-state index contributed by atoms with van der Waals surface area (Å²) in [6.07, 6.45) is 4.09. The maximum absolute atomic E-state index is 8.87. The minimum absolute atomic E-state index is 0.740. The van der Waals surface area contributed by atoms with Crippen LogP contribution in [0.25, 0.3) is 0 Å². The zero-order valence-corrected chi connectivity index (χ0v) is 8.69. The fourth-order valence-electron chi connectivity index (χ4n) is 3.00. The van der Waals surface area contributed by atoms with Crippen LogP contribution >= 0.6 is 0 Å². The van der Waals surface area contributed by atoms with Crippen molar-refractivity contribution < 1.29 is 0 Å². The molecular formula is C13H14N2. The second-order valence-corrected chi connectivity index (χ2v) is 4.65. The van der Waals surface area contributed by atoms with E-state index in [0.29, 0.717) is 0 Å². The molecule has 0 radical (unpaired) electrons. The molecule has 1 aromatic carbocycles. The lowest BCUT2D eigenvalue weighted by molar-refractivity contribution is 0.553. The molecule has 15 heavy (non-hydrogen) atoms. The molecule has 3 rings (SSSR count). The van der Waals surface area contributed by atoms with Crippen LogP contribution in [0.5, 0.6) is 0 Å². The number of hydrogen-bond donors (Lipinski definition) is 0. The van der Waals surface area contributed by atoms with Crippen LogP contribution in [-0.2, 0) is 0 Å². The number of nitriles is 1. The van der Waals surface area contributed by atoms with Gasteiger partial charge in [-0.1, -0.05) is 6.07 Å². The van der Waals surface area contributed by atoms with Crippen LogP contribution in [-0.4, -0.2) is 12.6 Å². The molecular weight excluding hydrogens is 184 g/mol. The molecule has 2 fully saturated rings. The maximum atomic E-state index is 8.87. The first-order valence-corrected chi connectivity index (χ1v) is 5.63. The highest BCUT2D eigenvalue weighted by atomic mass is 15.2. The van der Waals surface area contributed by atoms with Crippen LogP contribution in [0.3, 0.4) is 0 Å². The molecule has 2 heteroatoms. The molecule has 2 aliphatic rings. The van der Waals surface area contributed by atoms with Gasteiger partial charge in [0.1, 0.15) is 0 Å². The SMILES string of the molecule is N#Cc1cccc(N2CC3CCC2C3)c1. The average molecular weight is 198 g/mol. The standard InChI is InChI=1S/C13H14N2/c14-8-10-2-1-3-12(6-10)15-9-11-4-5-13(15)7-11/h1-3,6,11,13H,4-5,7,9H2. The van der Waals surface area contributed by atoms with Crippen molar-refractivity contribution in [1.82, 2.24) is 0 Å². The smallest absolute Gasteiger partial charge is 0.0992 e. The second kappa shape index (κ2) is 3.27. The molecule has 76 valence electrons. The lowest BCUT2D eigenvalue weighted by Crippen LogP contribution is -2.31. The third-order valence-corrected chi connectivity index (χ3v) is 3.72. The molecule has 0 N–H and O–H groups in total. The predicted molar refractivity (Wildman–Crippen MR) is 59.6 cm³/mol. The van der Waals surface area contributed by atoms with Gasteiger partial charge in [0, 0.05) is 18.3 Å². The second-order valence-electron chi connectivity index (χ2n) is 4.65. The van der Waals surface area contributed by atoms with E-state index >= 15 is 0 Å². The molecule has 0 spiro atoms. The van der Waals surface area contributed by atoms with Gasteiger partial charge in [-0.2, -0.15) is 5.26 Å². The number of rotatable bonds is 1. The summed E-state index contributed by atoms with van der Waals surface area (Å²) < 4.78 is 0. The fourth-order valence-corrected chi connectivity index (χ4v) is 3.00. The topological polar surface area (TPSA) is 27.0 Å². The Hall–Kier alpha value is -1.49. The van der Waals surface area contributed by atoms with Gasteiger partial charge < -0.3 is 4.90 Å². The summed E-state index contributed by atoms with van der Waals surface area (Å²) in [4.78, 5) is 2.48. The highest BCUT2D eigenvalue weighted by Gasteiger charge is 2.37. The Morgan fingerprint density at radius 1 is 1.33 bits per heavy atom. The number of hydrogen-bond acceptors (Lipinski definition) is 2. The lowest BCUT2D eigenvalue weighted by Gasteiger charge is -2.29. The Kier molecular flexibility index (Phi) is 1.92. The largest absolute Gasteiger partial charge is 0.368 e. The van der Waals surface area contributed by atoms with E-state index in [4.69, 9.17) is 5.26 Å². The number of nitrogens with zero attached hydrogens (tertiary/aromatic N) is 2. The molecule has 1 aromatic rings. The van der Waals surface area contributed by atoms with Crippen LogP contribution in [0.1, 0.15) is 24.8 Å². The van der Waals surface area contributed by atoms with Crippen LogP contribution in [0.2, 0.25) is 0 Å². The van der Waals surface area contributed by atoms with Gasteiger partial charge in [0.25, 0.3) is 0 Å². The molecule has 2 nitrogen and oxygen atoms in total. The van der Waals surface area contributed by atoms with Crippen molar-refractivity contribution in [3.8, 4) is 6.07 Å². The predicted octanol–water partition coefficient (Wildman–Crippen LogP) is 2.55. The molecule has 1 heterocycles. The van der Waals surface area contributed by atoms with E-state index in [-0.39, 0.29) is 0 Å². The lowest BCUT2D eigenvalue weighted by atomic mass is 10.1. The van der Waals surface area contributed by atoms with Gasteiger partial charge >= 0.3 is 0 Å². The van der Waals surface area contributed by atoms with Gasteiger partial charge in [-0.05, 0) is 43.4 Å². The van der Waals surface area contributed by atoms with E-state index in [9.17, 15) is 0 Å². The summed E-state index contributed by atoms with van der Waals surface area (Å²) in [5, 5.41) is 8.87. The highest BCUT2D eigenvalue weighted by Crippen LogP contribution is 2.40. The summed E-state index contributed by atoms with van der Waals surface area (Å²) in [7, 11) is 0. The summed E-state index contributed by atoms with van der Waals surface area (Å²) in [6.45, 7) is 1.19. The quantitative estimate of drug-likeness (QED) is 0.693. The molecule has 0 aromatic heterocycles. The molecule has 1 aliphatic heterocycles. The van der Waals surface area contributed by atoms with Crippen LogP contribution in [0.15, 0.2) is 24.3 Å². The molecule has 1 aliphatic carbocycles. The minimum Gasteiger partial charge on any atom is -0.368 e. The van der Waals surface area contributed by atoms with Crippen molar-refractivity contribution in [2.45, 2.75) is 25.3 Å². The van der Waals surface area contributed by atoms with E-state index < -0.39 is 0 Å². The summed E-state index contributed by atoms with van der Waals surface area (Å²) in [5.41, 5.74) is 2.01. The van der Waals surface area contributed by atoms with Gasteiger partial charge in [0.15, 0.2) is 0 Å². The Balaban J connectivity index is 1.90. The van der Waals surface area contributed by atoms with Gasteiger partial charge in [0.05, 0.1) is 11.6 Å². The van der Waals surface area contributed by atoms with Gasteiger partial charge in [-0.15, -0.1) is 0 Å². The van der Waals surface area contributed by atoms with E-state index in [0.717, 1.165) is 17.5 Å². The highest BCUT2D eigenvalue weighted by molar-refractivity contribution is 5.53. The van der Waals surface area contributed by atoms with E-state index in [2.05, 4.69) is 17.0 Å². The van der Waals surface area contributed by atoms with Crippen molar-refractivity contribution in [2.24, 2.45) is 5.92 Å². The Morgan fingerprint density at radius 2 is 2.27 bits per heavy atom. The summed E-state index contributed by atoms with van der Waals surface area (Å²) >= 11 is 0. The Bertz CT molecular complexity index is 419. The third-order valence-electron chi connectivity index (χ3n) is 3.72. The average Bonchev–Trinajstić information content (AvgIpc) is 2.91. The monoisotopic (exact) mass is 198 g/mol. The first-order chi connectivity index (χ1) is 7.36. The van der Waals surface area contributed by atoms with Gasteiger partial charge in [-0.25, -0.2) is 0 Å². The number of piperidine rings is 1. The molecule has 2 unspecified atom stereocenters. The summed E-state index contributed by atoms with van der Waals surface area (Å²) in [5.74, 6) is 0.903. The number of benzene rings is 1. The minimum atomic E-state index is 0.740. The number of fused-ring (bicyclic) bond motifs is 2. The van der Waals surface area contributed by atoms with Gasteiger partial charge in [0.2, 0.25) is 0 Å². The Labute approximate surface area is 90.1 Å². The first kappa shape index (κ1) is 8.79. The van der Waals surface area contributed by atoms with Crippen molar-refractivity contribution in [2.75, 3.05) is 11.4 Å². The first-order valence-electron chi connectivity index (χ1n) is 5.63. The van der Waals surface area contributed by atoms with E-state index in [1.54, 1.807) is 0 Å². The van der Waals surface area contributed by atoms with E-state index in [1.165, 1.54) is 31.5 Å². The van der Waals surface area contributed by atoms with Crippen LogP contribution in [0, 0.1) is 17.2 Å². The van der Waals surface area contributed by atoms with Gasteiger partial charge in [-0.3, -0.25) is 0 Å². The molecule has 2 atom stereocenters. The van der Waals surface area contributed by atoms with Crippen molar-refractivity contribution >= 4 is 5.69 Å². The molecule has 1 saturated carbocycles. The summed E-state index contributed by atoms with van der Waals surface area (Å²) in [6, 6.07) is 10.9. The zero-order valence-electron chi connectivity index (χ0n) is 8.69. The van der Waals surface area contributed by atoms with Crippen molar-refractivity contribution in [3.63, 3.8) is 0 Å². The molecule has 2 bridgehead atoms. The van der Waals surface area contributed by atoms with Crippen molar-refractivity contribution in [3.05, 3.63) is 29.8 Å².